The lowest BCUT2D eigenvalue weighted by molar-refractivity contribution is -0.137. The molecule has 8 heteroatoms. The maximum Gasteiger partial charge on any atom is 0.416 e. The Morgan fingerprint density at radius 2 is 1.69 bits per heavy atom. The number of hydrogen-bond donors (Lipinski definition) is 2. The minimum Gasteiger partial charge on any atom is -0.354 e. The van der Waals surface area contributed by atoms with Crippen LogP contribution in [0.2, 0.25) is 0 Å². The van der Waals surface area contributed by atoms with Gasteiger partial charge in [0.1, 0.15) is 6.04 Å². The summed E-state index contributed by atoms with van der Waals surface area (Å²) in [6.07, 6.45) is 2.94. The number of halogens is 3. The van der Waals surface area contributed by atoms with Crippen LogP contribution in [0, 0.1) is 0 Å². The second-order valence-corrected chi connectivity index (χ2v) is 7.87. The summed E-state index contributed by atoms with van der Waals surface area (Å²) in [4.78, 5) is 26.7. The van der Waals surface area contributed by atoms with Crippen molar-refractivity contribution in [2.45, 2.75) is 69.6 Å². The number of alkyl halides is 3. The third-order valence-corrected chi connectivity index (χ3v) is 5.74. The van der Waals surface area contributed by atoms with Crippen LogP contribution in [0.25, 0.3) is 0 Å². The third kappa shape index (κ3) is 5.87. The summed E-state index contributed by atoms with van der Waals surface area (Å²) in [6, 6.07) is 4.49. The highest BCUT2D eigenvalue weighted by atomic mass is 19.4. The van der Waals surface area contributed by atoms with Crippen molar-refractivity contribution in [3.63, 3.8) is 0 Å². The predicted octanol–water partition coefficient (Wildman–Crippen LogP) is 3.87. The van der Waals surface area contributed by atoms with Gasteiger partial charge in [0, 0.05) is 19.1 Å². The maximum absolute atomic E-state index is 12.6. The minimum atomic E-state index is -4.35. The normalized spacial score (nSPS) is 20.5. The molecular formula is C21H28F3N3O2. The fourth-order valence-corrected chi connectivity index (χ4v) is 4.10. The Kier molecular flexibility index (Phi) is 7.03. The number of carbonyl (C=O) groups is 2. The van der Waals surface area contributed by atoms with Crippen LogP contribution in [-0.4, -0.2) is 42.0 Å². The van der Waals surface area contributed by atoms with E-state index in [9.17, 15) is 22.8 Å². The molecule has 0 spiro atoms. The van der Waals surface area contributed by atoms with Gasteiger partial charge in [-0.3, -0.25) is 4.79 Å². The summed E-state index contributed by atoms with van der Waals surface area (Å²) in [5, 5.41) is 5.88. The number of hydrogen-bond acceptors (Lipinski definition) is 2. The molecule has 1 aliphatic carbocycles. The minimum absolute atomic E-state index is 0.169. The van der Waals surface area contributed by atoms with Crippen LogP contribution >= 0.6 is 0 Å². The van der Waals surface area contributed by atoms with Gasteiger partial charge in [-0.05, 0) is 49.8 Å². The van der Waals surface area contributed by atoms with E-state index >= 15 is 0 Å². The zero-order valence-electron chi connectivity index (χ0n) is 16.4. The van der Waals surface area contributed by atoms with E-state index in [-0.39, 0.29) is 18.0 Å². The second kappa shape index (κ2) is 9.50. The van der Waals surface area contributed by atoms with Gasteiger partial charge in [-0.15, -0.1) is 0 Å². The summed E-state index contributed by atoms with van der Waals surface area (Å²) >= 11 is 0. The van der Waals surface area contributed by atoms with E-state index in [2.05, 4.69) is 10.6 Å². The SMILES string of the molecule is O=C(NCCc1ccc(C(F)(F)F)cc1)[C@H]1CCCN1C(=O)NC1CCCCC1. The Bertz CT molecular complexity index is 700. The zero-order valence-corrected chi connectivity index (χ0v) is 16.4. The molecule has 1 aliphatic heterocycles. The van der Waals surface area contributed by atoms with Crippen LogP contribution < -0.4 is 10.6 Å². The highest BCUT2D eigenvalue weighted by Gasteiger charge is 2.35. The monoisotopic (exact) mass is 411 g/mol. The van der Waals surface area contributed by atoms with Crippen LogP contribution in [0.15, 0.2) is 24.3 Å². The van der Waals surface area contributed by atoms with Gasteiger partial charge >= 0.3 is 12.2 Å². The number of likely N-dealkylation sites (tertiary alicyclic amines) is 1. The van der Waals surface area contributed by atoms with Crippen LogP contribution in [0.1, 0.15) is 56.1 Å². The van der Waals surface area contributed by atoms with E-state index in [0.717, 1.165) is 49.8 Å². The van der Waals surface area contributed by atoms with E-state index in [1.54, 1.807) is 4.90 Å². The first-order valence-electron chi connectivity index (χ1n) is 10.4. The van der Waals surface area contributed by atoms with E-state index < -0.39 is 17.8 Å². The van der Waals surface area contributed by atoms with Gasteiger partial charge in [-0.25, -0.2) is 4.79 Å². The highest BCUT2D eigenvalue weighted by Crippen LogP contribution is 2.29. The van der Waals surface area contributed by atoms with Gasteiger partial charge in [-0.1, -0.05) is 31.4 Å². The molecule has 1 saturated heterocycles. The molecule has 160 valence electrons. The summed E-state index contributed by atoms with van der Waals surface area (Å²) in [7, 11) is 0. The lowest BCUT2D eigenvalue weighted by atomic mass is 9.96. The lowest BCUT2D eigenvalue weighted by Crippen LogP contribution is -2.52. The Balaban J connectivity index is 1.46. The zero-order chi connectivity index (χ0) is 20.9. The van der Waals surface area contributed by atoms with Gasteiger partial charge in [0.2, 0.25) is 5.91 Å². The first kappa shape index (κ1) is 21.5. The molecule has 3 rings (SSSR count). The highest BCUT2D eigenvalue weighted by molar-refractivity contribution is 5.87. The van der Waals surface area contributed by atoms with E-state index in [1.807, 2.05) is 0 Å². The molecule has 1 heterocycles. The Labute approximate surface area is 169 Å². The Morgan fingerprint density at radius 1 is 1.00 bits per heavy atom. The van der Waals surface area contributed by atoms with Crippen molar-refractivity contribution in [3.05, 3.63) is 35.4 Å². The van der Waals surface area contributed by atoms with Crippen LogP contribution in [0.3, 0.4) is 0 Å². The third-order valence-electron chi connectivity index (χ3n) is 5.74. The molecule has 1 aromatic rings. The van der Waals surface area contributed by atoms with Gasteiger partial charge in [0.25, 0.3) is 0 Å². The van der Waals surface area contributed by atoms with Crippen molar-refractivity contribution in [2.24, 2.45) is 0 Å². The smallest absolute Gasteiger partial charge is 0.354 e. The molecule has 2 fully saturated rings. The van der Waals surface area contributed by atoms with Crippen molar-refractivity contribution in [1.82, 2.24) is 15.5 Å². The van der Waals surface area contributed by atoms with Crippen molar-refractivity contribution in [1.29, 1.82) is 0 Å². The van der Waals surface area contributed by atoms with Crippen molar-refractivity contribution < 1.29 is 22.8 Å². The summed E-state index contributed by atoms with van der Waals surface area (Å²) in [5.74, 6) is -0.201. The molecule has 1 saturated carbocycles. The number of amides is 3. The molecule has 1 atom stereocenters. The number of nitrogens with zero attached hydrogens (tertiary/aromatic N) is 1. The van der Waals surface area contributed by atoms with E-state index in [4.69, 9.17) is 0 Å². The molecule has 1 aromatic carbocycles. The first-order valence-corrected chi connectivity index (χ1v) is 10.4. The molecule has 3 amide bonds. The van der Waals surface area contributed by atoms with Crippen LogP contribution in [0.5, 0.6) is 0 Å². The predicted molar refractivity (Wildman–Crippen MR) is 103 cm³/mol. The Hall–Kier alpha value is -2.25. The largest absolute Gasteiger partial charge is 0.416 e. The van der Waals surface area contributed by atoms with Gasteiger partial charge in [-0.2, -0.15) is 13.2 Å². The molecule has 0 unspecified atom stereocenters. The average Bonchev–Trinajstić information content (AvgIpc) is 3.18. The maximum atomic E-state index is 12.6. The van der Waals surface area contributed by atoms with E-state index in [0.29, 0.717) is 25.9 Å². The van der Waals surface area contributed by atoms with Crippen molar-refractivity contribution in [2.75, 3.05) is 13.1 Å². The van der Waals surface area contributed by atoms with Crippen LogP contribution in [0.4, 0.5) is 18.0 Å². The molecule has 0 radical (unpaired) electrons. The topological polar surface area (TPSA) is 61.4 Å². The number of benzene rings is 1. The van der Waals surface area contributed by atoms with Crippen molar-refractivity contribution in [3.8, 4) is 0 Å². The lowest BCUT2D eigenvalue weighted by Gasteiger charge is -2.29. The molecule has 0 bridgehead atoms. The summed E-state index contributed by atoms with van der Waals surface area (Å²) in [5.41, 5.74) is 0.0347. The molecular weight excluding hydrogens is 383 g/mol. The fourth-order valence-electron chi connectivity index (χ4n) is 4.10. The first-order chi connectivity index (χ1) is 13.8. The molecule has 2 N–H and O–H groups in total. The van der Waals surface area contributed by atoms with Crippen LogP contribution in [-0.2, 0) is 17.4 Å². The quantitative estimate of drug-likeness (QED) is 0.773. The summed E-state index contributed by atoms with van der Waals surface area (Å²) in [6.45, 7) is 0.883. The number of rotatable bonds is 5. The Morgan fingerprint density at radius 3 is 2.34 bits per heavy atom. The van der Waals surface area contributed by atoms with E-state index in [1.165, 1.54) is 18.6 Å². The van der Waals surface area contributed by atoms with Gasteiger partial charge in [0.05, 0.1) is 5.56 Å². The molecule has 2 aliphatic rings. The molecule has 5 nitrogen and oxygen atoms in total. The molecule has 0 aromatic heterocycles. The average molecular weight is 411 g/mol. The van der Waals surface area contributed by atoms with Gasteiger partial charge in [0.15, 0.2) is 0 Å². The van der Waals surface area contributed by atoms with Gasteiger partial charge < -0.3 is 15.5 Å². The number of carbonyl (C=O) groups excluding carboxylic acids is 2. The van der Waals surface area contributed by atoms with Crippen molar-refractivity contribution >= 4 is 11.9 Å². The standard InChI is InChI=1S/C21H28F3N3O2/c22-21(23,24)16-10-8-15(9-11-16)12-13-25-19(28)18-7-4-14-27(18)20(29)26-17-5-2-1-3-6-17/h8-11,17-18H,1-7,12-14H2,(H,25,28)(H,26,29)/t18-/m1/s1. The second-order valence-electron chi connectivity index (χ2n) is 7.87. The molecule has 29 heavy (non-hydrogen) atoms. The summed E-state index contributed by atoms with van der Waals surface area (Å²) < 4.78 is 37.8. The number of nitrogens with one attached hydrogen (secondary N) is 2. The fraction of sp³-hybridized carbons (Fsp3) is 0.619. The number of urea groups is 1.